The highest BCUT2D eigenvalue weighted by Gasteiger charge is 2.33. The lowest BCUT2D eigenvalue weighted by atomic mass is 10.0. The van der Waals surface area contributed by atoms with Crippen molar-refractivity contribution in [2.24, 2.45) is 0 Å². The molecule has 1 aromatic carbocycles. The van der Waals surface area contributed by atoms with Crippen LogP contribution in [0.3, 0.4) is 0 Å². The number of benzene rings is 1. The first-order valence-corrected chi connectivity index (χ1v) is 8.12. The summed E-state index contributed by atoms with van der Waals surface area (Å²) in [6.07, 6.45) is 4.41. The molecule has 0 amide bonds. The molecule has 3 rings (SSSR count). The number of fused-ring (bicyclic) bond motifs is 1. The number of para-hydroxylation sites is 1. The highest BCUT2D eigenvalue weighted by atomic mass is 16.3. The molecular weight excluding hydrogens is 276 g/mol. The van der Waals surface area contributed by atoms with Crippen molar-refractivity contribution in [2.45, 2.75) is 51.3 Å². The zero-order valence-corrected chi connectivity index (χ0v) is 13.2. The van der Waals surface area contributed by atoms with Gasteiger partial charge in [0.1, 0.15) is 0 Å². The molecule has 1 aliphatic rings. The SMILES string of the molecule is CC(O)CC1CCCN1C(C)C(=O)c1c[nH]c2ccccc12. The Hall–Kier alpha value is -1.65. The maximum absolute atomic E-state index is 12.9. The molecule has 0 bridgehead atoms. The number of Topliss-reactive ketones (excluding diaryl/α,β-unsaturated/α-hetero) is 1. The summed E-state index contributed by atoms with van der Waals surface area (Å²) in [5.74, 6) is 0.162. The Labute approximate surface area is 131 Å². The van der Waals surface area contributed by atoms with Gasteiger partial charge < -0.3 is 10.1 Å². The van der Waals surface area contributed by atoms with Crippen LogP contribution in [-0.4, -0.2) is 45.5 Å². The van der Waals surface area contributed by atoms with Crippen LogP contribution in [0.25, 0.3) is 10.9 Å². The maximum atomic E-state index is 12.9. The van der Waals surface area contributed by atoms with Gasteiger partial charge in [-0.1, -0.05) is 18.2 Å². The van der Waals surface area contributed by atoms with E-state index >= 15 is 0 Å². The van der Waals surface area contributed by atoms with Crippen molar-refractivity contribution in [3.8, 4) is 0 Å². The first-order valence-electron chi connectivity index (χ1n) is 8.12. The number of likely N-dealkylation sites (tertiary alicyclic amines) is 1. The second kappa shape index (κ2) is 6.23. The summed E-state index contributed by atoms with van der Waals surface area (Å²) in [7, 11) is 0. The molecule has 1 fully saturated rings. The second-order valence-electron chi connectivity index (χ2n) is 6.41. The van der Waals surface area contributed by atoms with Gasteiger partial charge in [0.15, 0.2) is 5.78 Å². The van der Waals surface area contributed by atoms with Crippen LogP contribution in [0.15, 0.2) is 30.5 Å². The molecular formula is C18H24N2O2. The average molecular weight is 300 g/mol. The van der Waals surface area contributed by atoms with Gasteiger partial charge in [-0.05, 0) is 45.7 Å². The molecule has 1 saturated heterocycles. The number of aliphatic hydroxyl groups excluding tert-OH is 1. The van der Waals surface area contributed by atoms with Crippen LogP contribution in [0, 0.1) is 0 Å². The Morgan fingerprint density at radius 3 is 2.95 bits per heavy atom. The van der Waals surface area contributed by atoms with Crippen molar-refractivity contribution < 1.29 is 9.90 Å². The molecule has 4 nitrogen and oxygen atoms in total. The molecule has 3 atom stereocenters. The first-order chi connectivity index (χ1) is 10.6. The maximum Gasteiger partial charge on any atom is 0.181 e. The molecule has 1 aromatic heterocycles. The third-order valence-corrected chi connectivity index (χ3v) is 4.77. The summed E-state index contributed by atoms with van der Waals surface area (Å²) in [4.78, 5) is 18.4. The van der Waals surface area contributed by atoms with Gasteiger partial charge in [0.2, 0.25) is 0 Å². The zero-order valence-electron chi connectivity index (χ0n) is 13.2. The Kier molecular flexibility index (Phi) is 4.32. The van der Waals surface area contributed by atoms with E-state index < -0.39 is 0 Å². The van der Waals surface area contributed by atoms with Crippen molar-refractivity contribution in [1.29, 1.82) is 0 Å². The Morgan fingerprint density at radius 1 is 1.41 bits per heavy atom. The fourth-order valence-corrected chi connectivity index (χ4v) is 3.67. The topological polar surface area (TPSA) is 56.3 Å². The number of hydrogen-bond donors (Lipinski definition) is 2. The molecule has 22 heavy (non-hydrogen) atoms. The largest absolute Gasteiger partial charge is 0.393 e. The minimum absolute atomic E-state index is 0.148. The summed E-state index contributed by atoms with van der Waals surface area (Å²) in [6, 6.07) is 8.07. The van der Waals surface area contributed by atoms with Gasteiger partial charge in [0.25, 0.3) is 0 Å². The Bertz CT molecular complexity index is 662. The summed E-state index contributed by atoms with van der Waals surface area (Å²) in [5.41, 5.74) is 1.77. The lowest BCUT2D eigenvalue weighted by Crippen LogP contribution is -2.43. The van der Waals surface area contributed by atoms with Crippen LogP contribution in [0.5, 0.6) is 0 Å². The molecule has 3 unspecified atom stereocenters. The monoisotopic (exact) mass is 300 g/mol. The predicted octanol–water partition coefficient (Wildman–Crippen LogP) is 2.97. The lowest BCUT2D eigenvalue weighted by Gasteiger charge is -2.30. The summed E-state index contributed by atoms with van der Waals surface area (Å²) in [6.45, 7) is 4.75. The Morgan fingerprint density at radius 2 is 2.18 bits per heavy atom. The molecule has 2 N–H and O–H groups in total. The van der Waals surface area contributed by atoms with E-state index in [1.807, 2.05) is 44.3 Å². The normalized spacial score (nSPS) is 22.0. The van der Waals surface area contributed by atoms with Crippen molar-refractivity contribution in [3.63, 3.8) is 0 Å². The van der Waals surface area contributed by atoms with E-state index in [-0.39, 0.29) is 17.9 Å². The molecule has 0 spiro atoms. The van der Waals surface area contributed by atoms with Crippen LogP contribution in [0.1, 0.15) is 43.5 Å². The van der Waals surface area contributed by atoms with Gasteiger partial charge in [0.05, 0.1) is 12.1 Å². The number of aromatic nitrogens is 1. The molecule has 4 heteroatoms. The number of aromatic amines is 1. The standard InChI is InChI=1S/C18H24N2O2/c1-12(21)10-14-6-5-9-20(14)13(2)18(22)16-11-19-17-8-4-3-7-15(16)17/h3-4,7-8,11-14,19,21H,5-6,9-10H2,1-2H3. The number of aliphatic hydroxyl groups is 1. The van der Waals surface area contributed by atoms with Crippen molar-refractivity contribution in [3.05, 3.63) is 36.0 Å². The third kappa shape index (κ3) is 2.81. The second-order valence-corrected chi connectivity index (χ2v) is 6.41. The fraction of sp³-hybridized carbons (Fsp3) is 0.500. The summed E-state index contributed by atoms with van der Waals surface area (Å²) in [5, 5.41) is 10.7. The van der Waals surface area contributed by atoms with Crippen LogP contribution in [0.4, 0.5) is 0 Å². The number of carbonyl (C=O) groups excluding carboxylic acids is 1. The molecule has 2 heterocycles. The van der Waals surface area contributed by atoms with Gasteiger partial charge in [-0.3, -0.25) is 9.69 Å². The number of nitrogens with zero attached hydrogens (tertiary/aromatic N) is 1. The van der Waals surface area contributed by atoms with E-state index in [0.29, 0.717) is 6.04 Å². The molecule has 0 aliphatic carbocycles. The van der Waals surface area contributed by atoms with Crippen molar-refractivity contribution in [1.82, 2.24) is 9.88 Å². The van der Waals surface area contributed by atoms with Crippen molar-refractivity contribution >= 4 is 16.7 Å². The molecule has 118 valence electrons. The van der Waals surface area contributed by atoms with E-state index in [1.54, 1.807) is 0 Å². The van der Waals surface area contributed by atoms with Crippen LogP contribution >= 0.6 is 0 Å². The minimum Gasteiger partial charge on any atom is -0.393 e. The van der Waals surface area contributed by atoms with E-state index in [9.17, 15) is 9.90 Å². The van der Waals surface area contributed by atoms with E-state index in [1.165, 1.54) is 0 Å². The van der Waals surface area contributed by atoms with Gasteiger partial charge in [-0.15, -0.1) is 0 Å². The first kappa shape index (κ1) is 15.3. The average Bonchev–Trinajstić information content (AvgIpc) is 3.11. The number of carbonyl (C=O) groups is 1. The van der Waals surface area contributed by atoms with E-state index in [0.717, 1.165) is 42.3 Å². The van der Waals surface area contributed by atoms with Gasteiger partial charge in [-0.2, -0.15) is 0 Å². The number of H-pyrrole nitrogens is 1. The summed E-state index contributed by atoms with van der Waals surface area (Å²) < 4.78 is 0. The number of hydrogen-bond acceptors (Lipinski definition) is 3. The molecule has 2 aromatic rings. The number of rotatable bonds is 5. The quantitative estimate of drug-likeness (QED) is 0.835. The van der Waals surface area contributed by atoms with Crippen LogP contribution < -0.4 is 0 Å². The van der Waals surface area contributed by atoms with Crippen LogP contribution in [0.2, 0.25) is 0 Å². The minimum atomic E-state index is -0.319. The third-order valence-electron chi connectivity index (χ3n) is 4.77. The van der Waals surface area contributed by atoms with E-state index in [4.69, 9.17) is 0 Å². The highest BCUT2D eigenvalue weighted by molar-refractivity contribution is 6.10. The summed E-state index contributed by atoms with van der Waals surface area (Å²) >= 11 is 0. The van der Waals surface area contributed by atoms with E-state index in [2.05, 4.69) is 9.88 Å². The Balaban J connectivity index is 1.82. The fourth-order valence-electron chi connectivity index (χ4n) is 3.67. The molecule has 0 radical (unpaired) electrons. The lowest BCUT2D eigenvalue weighted by molar-refractivity contribution is 0.0753. The van der Waals surface area contributed by atoms with Gasteiger partial charge in [0, 0.05) is 28.7 Å². The molecule has 1 aliphatic heterocycles. The smallest absolute Gasteiger partial charge is 0.181 e. The van der Waals surface area contributed by atoms with Crippen molar-refractivity contribution in [2.75, 3.05) is 6.54 Å². The van der Waals surface area contributed by atoms with Gasteiger partial charge >= 0.3 is 0 Å². The predicted molar refractivity (Wildman–Crippen MR) is 88.1 cm³/mol. The molecule has 0 saturated carbocycles. The van der Waals surface area contributed by atoms with Gasteiger partial charge in [-0.25, -0.2) is 0 Å². The van der Waals surface area contributed by atoms with Crippen LogP contribution in [-0.2, 0) is 0 Å². The number of ketones is 1. The zero-order chi connectivity index (χ0) is 15.7. The highest BCUT2D eigenvalue weighted by Crippen LogP contribution is 2.27. The number of nitrogens with one attached hydrogen (secondary N) is 1.